The fourth-order valence-electron chi connectivity index (χ4n) is 2.22. The first kappa shape index (κ1) is 11.1. The summed E-state index contributed by atoms with van der Waals surface area (Å²) in [5.74, 6) is -0.0581. The van der Waals surface area contributed by atoms with Gasteiger partial charge in [-0.3, -0.25) is 4.79 Å². The normalized spacial score (nSPS) is 25.5. The van der Waals surface area contributed by atoms with E-state index in [9.17, 15) is 4.79 Å². The molecule has 0 radical (unpaired) electrons. The average molecular weight is 222 g/mol. The molecular weight excluding hydrogens is 204 g/mol. The van der Waals surface area contributed by atoms with Crippen LogP contribution >= 0.6 is 0 Å². The van der Waals surface area contributed by atoms with Gasteiger partial charge in [0.15, 0.2) is 0 Å². The Hall–Kier alpha value is -1.36. The Morgan fingerprint density at radius 3 is 2.81 bits per heavy atom. The number of H-pyrrole nitrogens is 1. The highest BCUT2D eigenvalue weighted by molar-refractivity contribution is 5.76. The number of rotatable bonds is 4. The lowest BCUT2D eigenvalue weighted by molar-refractivity contribution is -0.122. The molecule has 88 valence electrons. The first-order valence-corrected chi connectivity index (χ1v) is 5.75. The summed E-state index contributed by atoms with van der Waals surface area (Å²) in [6, 6.07) is 0.499. The van der Waals surface area contributed by atoms with Gasteiger partial charge in [-0.25, -0.2) is 4.98 Å². The number of primary amides is 1. The van der Waals surface area contributed by atoms with Gasteiger partial charge in [-0.2, -0.15) is 0 Å². The van der Waals surface area contributed by atoms with E-state index in [2.05, 4.69) is 15.3 Å². The van der Waals surface area contributed by atoms with Crippen molar-refractivity contribution in [2.45, 2.75) is 38.3 Å². The number of carbonyl (C=O) groups is 1. The highest BCUT2D eigenvalue weighted by atomic mass is 16.1. The van der Waals surface area contributed by atoms with Gasteiger partial charge in [-0.05, 0) is 25.7 Å². The lowest BCUT2D eigenvalue weighted by Gasteiger charge is -2.27. The lowest BCUT2D eigenvalue weighted by atomic mass is 9.85. The summed E-state index contributed by atoms with van der Waals surface area (Å²) < 4.78 is 0. The van der Waals surface area contributed by atoms with Crippen molar-refractivity contribution >= 4 is 5.91 Å². The number of imidazole rings is 1. The number of carbonyl (C=O) groups excluding carboxylic acids is 1. The highest BCUT2D eigenvalue weighted by Crippen LogP contribution is 2.23. The minimum atomic E-state index is -0.146. The van der Waals surface area contributed by atoms with Crippen molar-refractivity contribution in [3.8, 4) is 0 Å². The number of nitrogens with zero attached hydrogens (tertiary/aromatic N) is 1. The molecule has 16 heavy (non-hydrogen) atoms. The van der Waals surface area contributed by atoms with Crippen molar-refractivity contribution in [3.05, 3.63) is 18.2 Å². The van der Waals surface area contributed by atoms with Gasteiger partial charge in [-0.15, -0.1) is 0 Å². The second-order valence-electron chi connectivity index (χ2n) is 4.41. The van der Waals surface area contributed by atoms with Gasteiger partial charge in [-0.1, -0.05) is 0 Å². The minimum Gasteiger partial charge on any atom is -0.369 e. The van der Waals surface area contributed by atoms with Crippen molar-refractivity contribution in [2.24, 2.45) is 11.7 Å². The van der Waals surface area contributed by atoms with Crippen LogP contribution in [0.3, 0.4) is 0 Å². The molecular formula is C11H18N4O. The van der Waals surface area contributed by atoms with Gasteiger partial charge in [0.05, 0.1) is 6.33 Å². The Labute approximate surface area is 94.8 Å². The van der Waals surface area contributed by atoms with E-state index in [-0.39, 0.29) is 11.8 Å². The monoisotopic (exact) mass is 222 g/mol. The SMILES string of the molecule is NC(=O)C1CCC(NCc2cnc[nH]2)CC1. The van der Waals surface area contributed by atoms with Crippen LogP contribution in [0.15, 0.2) is 12.5 Å². The maximum absolute atomic E-state index is 11.0. The van der Waals surface area contributed by atoms with E-state index >= 15 is 0 Å². The molecule has 0 aromatic carbocycles. The predicted molar refractivity (Wildman–Crippen MR) is 60.4 cm³/mol. The molecule has 1 fully saturated rings. The first-order valence-electron chi connectivity index (χ1n) is 5.75. The molecule has 1 aromatic rings. The van der Waals surface area contributed by atoms with Gasteiger partial charge >= 0.3 is 0 Å². The van der Waals surface area contributed by atoms with Crippen molar-refractivity contribution in [1.29, 1.82) is 0 Å². The van der Waals surface area contributed by atoms with Crippen LogP contribution in [0.2, 0.25) is 0 Å². The first-order chi connectivity index (χ1) is 7.75. The number of hydrogen-bond acceptors (Lipinski definition) is 3. The highest BCUT2D eigenvalue weighted by Gasteiger charge is 2.24. The fourth-order valence-corrected chi connectivity index (χ4v) is 2.22. The minimum absolute atomic E-state index is 0.0882. The molecule has 1 amide bonds. The quantitative estimate of drug-likeness (QED) is 0.695. The smallest absolute Gasteiger partial charge is 0.220 e. The summed E-state index contributed by atoms with van der Waals surface area (Å²) in [5.41, 5.74) is 6.39. The molecule has 1 saturated carbocycles. The van der Waals surface area contributed by atoms with Crippen LogP contribution in [0.5, 0.6) is 0 Å². The molecule has 1 heterocycles. The summed E-state index contributed by atoms with van der Waals surface area (Å²) in [4.78, 5) is 18.0. The van der Waals surface area contributed by atoms with E-state index in [4.69, 9.17) is 5.73 Å². The standard InChI is InChI=1S/C11H18N4O/c12-11(16)8-1-3-9(4-2-8)14-6-10-5-13-7-15-10/h5,7-9,14H,1-4,6H2,(H2,12,16)(H,13,15). The van der Waals surface area contributed by atoms with Crippen LogP contribution in [0.4, 0.5) is 0 Å². The molecule has 1 aromatic heterocycles. The van der Waals surface area contributed by atoms with E-state index in [1.807, 2.05) is 6.20 Å². The van der Waals surface area contributed by atoms with E-state index in [1.54, 1.807) is 6.33 Å². The van der Waals surface area contributed by atoms with Crippen molar-refractivity contribution < 1.29 is 4.79 Å². The number of aromatic amines is 1. The summed E-state index contributed by atoms with van der Waals surface area (Å²) in [5, 5.41) is 3.46. The van der Waals surface area contributed by atoms with Crippen LogP contribution in [0.25, 0.3) is 0 Å². The summed E-state index contributed by atoms with van der Waals surface area (Å²) >= 11 is 0. The molecule has 5 heteroatoms. The summed E-state index contributed by atoms with van der Waals surface area (Å²) in [6.45, 7) is 0.811. The van der Waals surface area contributed by atoms with Crippen LogP contribution in [0.1, 0.15) is 31.4 Å². The van der Waals surface area contributed by atoms with Crippen LogP contribution < -0.4 is 11.1 Å². The number of hydrogen-bond donors (Lipinski definition) is 3. The van der Waals surface area contributed by atoms with Crippen LogP contribution in [-0.4, -0.2) is 21.9 Å². The Morgan fingerprint density at radius 1 is 1.50 bits per heavy atom. The molecule has 0 bridgehead atoms. The second-order valence-corrected chi connectivity index (χ2v) is 4.41. The Bertz CT molecular complexity index is 328. The zero-order valence-electron chi connectivity index (χ0n) is 9.28. The molecule has 0 aliphatic heterocycles. The van der Waals surface area contributed by atoms with Crippen LogP contribution in [0, 0.1) is 5.92 Å². The molecule has 0 atom stereocenters. The van der Waals surface area contributed by atoms with Gasteiger partial charge < -0.3 is 16.0 Å². The molecule has 4 N–H and O–H groups in total. The lowest BCUT2D eigenvalue weighted by Crippen LogP contribution is -2.36. The average Bonchev–Trinajstić information content (AvgIpc) is 2.80. The number of nitrogens with one attached hydrogen (secondary N) is 2. The second kappa shape index (κ2) is 5.12. The zero-order chi connectivity index (χ0) is 11.4. The molecule has 1 aliphatic carbocycles. The Morgan fingerprint density at radius 2 is 2.25 bits per heavy atom. The largest absolute Gasteiger partial charge is 0.369 e. The number of aromatic nitrogens is 2. The van der Waals surface area contributed by atoms with Crippen molar-refractivity contribution in [3.63, 3.8) is 0 Å². The maximum Gasteiger partial charge on any atom is 0.220 e. The molecule has 0 spiro atoms. The topological polar surface area (TPSA) is 83.8 Å². The third-order valence-corrected chi connectivity index (χ3v) is 3.27. The van der Waals surface area contributed by atoms with E-state index < -0.39 is 0 Å². The third kappa shape index (κ3) is 2.82. The summed E-state index contributed by atoms with van der Waals surface area (Å²) in [7, 11) is 0. The Balaban J connectivity index is 1.71. The van der Waals surface area contributed by atoms with E-state index in [1.165, 1.54) is 0 Å². The zero-order valence-corrected chi connectivity index (χ0v) is 9.28. The van der Waals surface area contributed by atoms with E-state index in [0.29, 0.717) is 6.04 Å². The summed E-state index contributed by atoms with van der Waals surface area (Å²) in [6.07, 6.45) is 7.39. The van der Waals surface area contributed by atoms with Crippen LogP contribution in [-0.2, 0) is 11.3 Å². The molecule has 0 unspecified atom stereocenters. The Kier molecular flexibility index (Phi) is 3.56. The molecule has 2 rings (SSSR count). The maximum atomic E-state index is 11.0. The predicted octanol–water partition coefficient (Wildman–Crippen LogP) is 0.543. The van der Waals surface area contributed by atoms with E-state index in [0.717, 1.165) is 37.9 Å². The molecule has 5 nitrogen and oxygen atoms in total. The fraction of sp³-hybridized carbons (Fsp3) is 0.636. The molecule has 0 saturated heterocycles. The van der Waals surface area contributed by atoms with Crippen molar-refractivity contribution in [1.82, 2.24) is 15.3 Å². The molecule has 1 aliphatic rings. The third-order valence-electron chi connectivity index (χ3n) is 3.27. The van der Waals surface area contributed by atoms with Gasteiger partial charge in [0.1, 0.15) is 0 Å². The van der Waals surface area contributed by atoms with Crippen molar-refractivity contribution in [2.75, 3.05) is 0 Å². The van der Waals surface area contributed by atoms with Gasteiger partial charge in [0.25, 0.3) is 0 Å². The van der Waals surface area contributed by atoms with Gasteiger partial charge in [0.2, 0.25) is 5.91 Å². The number of amides is 1. The van der Waals surface area contributed by atoms with Gasteiger partial charge in [0, 0.05) is 30.4 Å². The number of nitrogens with two attached hydrogens (primary N) is 1.